The molecule has 0 radical (unpaired) electrons. The van der Waals surface area contributed by atoms with Gasteiger partial charge in [-0.2, -0.15) is 0 Å². The molecule has 0 rings (SSSR count). The number of rotatable bonds is 11. The summed E-state index contributed by atoms with van der Waals surface area (Å²) in [4.78, 5) is 0. The van der Waals surface area contributed by atoms with E-state index in [0.717, 1.165) is 19.3 Å². The molecule has 0 bridgehead atoms. The van der Waals surface area contributed by atoms with E-state index in [0.29, 0.717) is 24.5 Å². The van der Waals surface area contributed by atoms with Crippen molar-refractivity contribution in [2.24, 2.45) is 11.0 Å². The summed E-state index contributed by atoms with van der Waals surface area (Å²) in [6.45, 7) is 9.19. The van der Waals surface area contributed by atoms with Gasteiger partial charge in [0.15, 0.2) is 0 Å². The second-order valence-electron chi connectivity index (χ2n) is 6.28. The normalized spacial score (nSPS) is 14.6. The quantitative estimate of drug-likeness (QED) is 0.200. The number of hydrazone groups is 1. The molecule has 0 saturated heterocycles. The van der Waals surface area contributed by atoms with Gasteiger partial charge in [0.05, 0.1) is 6.61 Å². The zero-order valence-electron chi connectivity index (χ0n) is 16.7. The molecule has 0 aliphatic rings. The molecular weight excluding hydrogens is 298 g/mol. The molecule has 0 aromatic rings. The van der Waals surface area contributed by atoms with Crippen molar-refractivity contribution in [1.82, 2.24) is 10.3 Å². The summed E-state index contributed by atoms with van der Waals surface area (Å²) in [6.07, 6.45) is 10.5. The number of nitrogens with zero attached hydrogens (tertiary/aromatic N) is 2. The largest absolute Gasteiger partial charge is 0.480 e. The van der Waals surface area contributed by atoms with Crippen molar-refractivity contribution in [1.29, 1.82) is 0 Å². The maximum absolute atomic E-state index is 5.64. The third kappa shape index (κ3) is 11.1. The van der Waals surface area contributed by atoms with Gasteiger partial charge in [0.2, 0.25) is 5.90 Å². The fourth-order valence-electron chi connectivity index (χ4n) is 2.40. The van der Waals surface area contributed by atoms with E-state index in [1.165, 1.54) is 12.0 Å². The monoisotopic (exact) mass is 335 g/mol. The van der Waals surface area contributed by atoms with Gasteiger partial charge in [0.25, 0.3) is 0 Å². The fraction of sp³-hybridized carbons (Fsp3) is 0.700. The van der Waals surface area contributed by atoms with Gasteiger partial charge in [-0.05, 0) is 43.5 Å². The Bertz CT molecular complexity index is 446. The first-order valence-corrected chi connectivity index (χ1v) is 9.07. The number of allylic oxidation sites excluding steroid dienone is 1. The molecule has 24 heavy (non-hydrogen) atoms. The first-order valence-electron chi connectivity index (χ1n) is 9.07. The standard InChI is InChI=1S/C20H37N3O/c1-8-12-19(15-16-24-18(4)22-23(6)7)13-10-11-14-20(21-5)17(3)9-2/h11-13,17,20-21H,8-9,14-16H2,1-7H3/b19-12+,22-18-. The van der Waals surface area contributed by atoms with Crippen molar-refractivity contribution < 1.29 is 4.74 Å². The number of hydrogen-bond donors (Lipinski definition) is 1. The highest BCUT2D eigenvalue weighted by molar-refractivity contribution is 5.72. The highest BCUT2D eigenvalue weighted by atomic mass is 16.5. The lowest BCUT2D eigenvalue weighted by Gasteiger charge is -2.20. The van der Waals surface area contributed by atoms with Crippen LogP contribution >= 0.6 is 0 Å². The predicted octanol–water partition coefficient (Wildman–Crippen LogP) is 4.36. The van der Waals surface area contributed by atoms with E-state index < -0.39 is 0 Å². The van der Waals surface area contributed by atoms with Crippen molar-refractivity contribution >= 4 is 5.90 Å². The Balaban J connectivity index is 4.52. The van der Waals surface area contributed by atoms with Crippen molar-refractivity contribution in [3.63, 3.8) is 0 Å². The summed E-state index contributed by atoms with van der Waals surface area (Å²) in [5, 5.41) is 9.36. The van der Waals surface area contributed by atoms with E-state index in [1.54, 1.807) is 5.01 Å². The lowest BCUT2D eigenvalue weighted by atomic mass is 9.96. The van der Waals surface area contributed by atoms with Crippen LogP contribution in [0, 0.1) is 5.92 Å². The minimum atomic E-state index is 0.516. The van der Waals surface area contributed by atoms with E-state index in [4.69, 9.17) is 4.74 Å². The molecule has 2 unspecified atom stereocenters. The van der Waals surface area contributed by atoms with E-state index in [1.807, 2.05) is 28.1 Å². The summed E-state index contributed by atoms with van der Waals surface area (Å²) in [6, 6.07) is 0.516. The van der Waals surface area contributed by atoms with Crippen LogP contribution in [0.15, 0.2) is 34.6 Å². The molecule has 0 aliphatic heterocycles. The Labute approximate surface area is 149 Å². The third-order valence-corrected chi connectivity index (χ3v) is 3.97. The zero-order chi connectivity index (χ0) is 18.4. The van der Waals surface area contributed by atoms with Crippen LogP contribution in [0.5, 0.6) is 0 Å². The van der Waals surface area contributed by atoms with Crippen molar-refractivity contribution in [3.05, 3.63) is 29.5 Å². The minimum Gasteiger partial charge on any atom is -0.480 e. The summed E-state index contributed by atoms with van der Waals surface area (Å²) in [7, 11) is 5.81. The van der Waals surface area contributed by atoms with Gasteiger partial charge in [0.1, 0.15) is 0 Å². The van der Waals surface area contributed by atoms with Gasteiger partial charge in [-0.3, -0.25) is 5.01 Å². The van der Waals surface area contributed by atoms with Crippen LogP contribution in [0.1, 0.15) is 53.4 Å². The molecule has 0 aliphatic carbocycles. The zero-order valence-corrected chi connectivity index (χ0v) is 16.7. The molecule has 0 amide bonds. The SMILES string of the molecule is CC/C=C(\C=C=CCC(NC)C(C)CC)CCO/C(C)=N\N(C)C. The molecule has 0 spiro atoms. The maximum atomic E-state index is 5.64. The van der Waals surface area contributed by atoms with E-state index in [2.05, 4.69) is 55.1 Å². The average Bonchev–Trinajstić information content (AvgIpc) is 2.53. The summed E-state index contributed by atoms with van der Waals surface area (Å²) in [5.41, 5.74) is 4.59. The molecule has 0 fully saturated rings. The second kappa shape index (κ2) is 13.9. The number of hydrogen-bond acceptors (Lipinski definition) is 4. The summed E-state index contributed by atoms with van der Waals surface area (Å²) >= 11 is 0. The van der Waals surface area contributed by atoms with Gasteiger partial charge in [-0.25, -0.2) is 0 Å². The average molecular weight is 336 g/mol. The summed E-state index contributed by atoms with van der Waals surface area (Å²) < 4.78 is 5.64. The molecule has 4 heteroatoms. The fourth-order valence-corrected chi connectivity index (χ4v) is 2.40. The Hall–Kier alpha value is -1.51. The molecule has 0 aromatic heterocycles. The topological polar surface area (TPSA) is 36.9 Å². The van der Waals surface area contributed by atoms with Crippen LogP contribution in [-0.4, -0.2) is 44.7 Å². The van der Waals surface area contributed by atoms with Crippen molar-refractivity contribution in [3.8, 4) is 0 Å². The molecule has 0 aromatic carbocycles. The molecular formula is C20H37N3O. The Morgan fingerprint density at radius 2 is 2.04 bits per heavy atom. The molecule has 0 saturated carbocycles. The smallest absolute Gasteiger partial charge is 0.202 e. The molecule has 2 atom stereocenters. The van der Waals surface area contributed by atoms with Crippen LogP contribution in [-0.2, 0) is 4.74 Å². The van der Waals surface area contributed by atoms with Gasteiger partial charge >= 0.3 is 0 Å². The van der Waals surface area contributed by atoms with Crippen LogP contribution in [0.2, 0.25) is 0 Å². The molecule has 1 N–H and O–H groups in total. The van der Waals surface area contributed by atoms with Crippen LogP contribution in [0.25, 0.3) is 0 Å². The summed E-state index contributed by atoms with van der Waals surface area (Å²) in [5.74, 6) is 1.37. The van der Waals surface area contributed by atoms with Gasteiger partial charge in [0, 0.05) is 33.5 Å². The lowest BCUT2D eigenvalue weighted by Crippen LogP contribution is -2.31. The van der Waals surface area contributed by atoms with E-state index >= 15 is 0 Å². The Kier molecular flexibility index (Phi) is 13.0. The van der Waals surface area contributed by atoms with Gasteiger partial charge in [-0.1, -0.05) is 33.3 Å². The highest BCUT2D eigenvalue weighted by Gasteiger charge is 2.10. The first-order chi connectivity index (χ1) is 11.4. The van der Waals surface area contributed by atoms with Gasteiger partial charge < -0.3 is 10.1 Å². The van der Waals surface area contributed by atoms with E-state index in [9.17, 15) is 0 Å². The van der Waals surface area contributed by atoms with Crippen LogP contribution < -0.4 is 5.32 Å². The minimum absolute atomic E-state index is 0.516. The number of ether oxygens (including phenoxy) is 1. The molecule has 4 nitrogen and oxygen atoms in total. The van der Waals surface area contributed by atoms with Crippen molar-refractivity contribution in [2.75, 3.05) is 27.7 Å². The van der Waals surface area contributed by atoms with Gasteiger partial charge in [-0.15, -0.1) is 10.8 Å². The first kappa shape index (κ1) is 22.5. The van der Waals surface area contributed by atoms with E-state index in [-0.39, 0.29) is 0 Å². The second-order valence-corrected chi connectivity index (χ2v) is 6.28. The Morgan fingerprint density at radius 3 is 2.58 bits per heavy atom. The Morgan fingerprint density at radius 1 is 1.33 bits per heavy atom. The van der Waals surface area contributed by atoms with Crippen LogP contribution in [0.4, 0.5) is 0 Å². The predicted molar refractivity (Wildman–Crippen MR) is 105 cm³/mol. The maximum Gasteiger partial charge on any atom is 0.202 e. The lowest BCUT2D eigenvalue weighted by molar-refractivity contribution is 0.290. The molecule has 138 valence electrons. The molecule has 0 heterocycles. The highest BCUT2D eigenvalue weighted by Crippen LogP contribution is 2.11. The number of nitrogens with one attached hydrogen (secondary N) is 1. The van der Waals surface area contributed by atoms with Crippen LogP contribution in [0.3, 0.4) is 0 Å². The third-order valence-electron chi connectivity index (χ3n) is 3.97. The van der Waals surface area contributed by atoms with Crippen molar-refractivity contribution in [2.45, 2.75) is 59.4 Å².